The van der Waals surface area contributed by atoms with Crippen molar-refractivity contribution in [1.29, 1.82) is 0 Å². The van der Waals surface area contributed by atoms with E-state index in [2.05, 4.69) is 0 Å². The number of hydrogen-bond acceptors (Lipinski definition) is 2. The zero-order valence-electron chi connectivity index (χ0n) is 9.95. The third-order valence-corrected chi connectivity index (χ3v) is 3.13. The van der Waals surface area contributed by atoms with Crippen LogP contribution in [0, 0.1) is 0 Å². The van der Waals surface area contributed by atoms with Crippen molar-refractivity contribution >= 4 is 5.91 Å². The number of amides is 1. The molecule has 86 valence electrons. The van der Waals surface area contributed by atoms with Crippen LogP contribution in [0.4, 0.5) is 0 Å². The molecule has 2 rings (SSSR count). The highest BCUT2D eigenvalue weighted by Crippen LogP contribution is 2.31. The molecule has 1 aromatic rings. The van der Waals surface area contributed by atoms with Crippen LogP contribution in [0.25, 0.3) is 0 Å². The Morgan fingerprint density at radius 2 is 2.06 bits per heavy atom. The molecule has 3 nitrogen and oxygen atoms in total. The van der Waals surface area contributed by atoms with Crippen molar-refractivity contribution in [3.63, 3.8) is 0 Å². The smallest absolute Gasteiger partial charge is 0.254 e. The molecule has 1 aromatic carbocycles. The van der Waals surface area contributed by atoms with Gasteiger partial charge in [-0.1, -0.05) is 13.8 Å². The molecule has 0 spiro atoms. The fourth-order valence-electron chi connectivity index (χ4n) is 2.20. The molecule has 1 amide bonds. The van der Waals surface area contributed by atoms with Crippen molar-refractivity contribution in [2.24, 2.45) is 0 Å². The molecule has 0 bridgehead atoms. The number of phenols is 1. The van der Waals surface area contributed by atoms with E-state index in [-0.39, 0.29) is 17.6 Å². The molecule has 1 N–H and O–H groups in total. The van der Waals surface area contributed by atoms with Crippen molar-refractivity contribution in [3.05, 3.63) is 28.8 Å². The Bertz CT molecular complexity index is 438. The Labute approximate surface area is 95.7 Å². The van der Waals surface area contributed by atoms with Crippen molar-refractivity contribution in [3.8, 4) is 5.75 Å². The summed E-state index contributed by atoms with van der Waals surface area (Å²) in [7, 11) is 1.82. The number of phenolic OH excluding ortho intramolecular Hbond substituents is 1. The Morgan fingerprint density at radius 3 is 2.69 bits per heavy atom. The first-order chi connectivity index (χ1) is 7.50. The summed E-state index contributed by atoms with van der Waals surface area (Å²) in [5.41, 5.74) is 2.72. The molecule has 1 aliphatic heterocycles. The van der Waals surface area contributed by atoms with Crippen molar-refractivity contribution in [2.75, 3.05) is 13.6 Å². The summed E-state index contributed by atoms with van der Waals surface area (Å²) in [6, 6.07) is 3.42. The number of hydrogen-bond donors (Lipinski definition) is 1. The van der Waals surface area contributed by atoms with Crippen LogP contribution in [0.15, 0.2) is 12.1 Å². The van der Waals surface area contributed by atoms with E-state index >= 15 is 0 Å². The SMILES string of the molecule is CC(C)c1cc(O)cc2c1C(=O)N(C)CC2. The van der Waals surface area contributed by atoms with E-state index in [4.69, 9.17) is 0 Å². The monoisotopic (exact) mass is 219 g/mol. The molecule has 0 aromatic heterocycles. The molecular formula is C13H17NO2. The molecule has 1 heterocycles. The highest BCUT2D eigenvalue weighted by Gasteiger charge is 2.26. The Morgan fingerprint density at radius 1 is 1.38 bits per heavy atom. The summed E-state index contributed by atoms with van der Waals surface area (Å²) in [4.78, 5) is 13.8. The maximum Gasteiger partial charge on any atom is 0.254 e. The van der Waals surface area contributed by atoms with Crippen LogP contribution in [0.1, 0.15) is 41.3 Å². The van der Waals surface area contributed by atoms with Crippen LogP contribution in [-0.2, 0) is 6.42 Å². The van der Waals surface area contributed by atoms with Gasteiger partial charge in [0, 0.05) is 19.2 Å². The van der Waals surface area contributed by atoms with E-state index in [0.717, 1.165) is 29.7 Å². The Hall–Kier alpha value is -1.51. The summed E-state index contributed by atoms with van der Waals surface area (Å²) in [5, 5.41) is 9.65. The van der Waals surface area contributed by atoms with Gasteiger partial charge in [-0.25, -0.2) is 0 Å². The predicted molar refractivity (Wildman–Crippen MR) is 62.9 cm³/mol. The Kier molecular flexibility index (Phi) is 2.62. The number of carbonyl (C=O) groups is 1. The first-order valence-corrected chi connectivity index (χ1v) is 5.62. The van der Waals surface area contributed by atoms with E-state index in [0.29, 0.717) is 0 Å². The lowest BCUT2D eigenvalue weighted by Crippen LogP contribution is -2.35. The lowest BCUT2D eigenvalue weighted by molar-refractivity contribution is 0.0779. The van der Waals surface area contributed by atoms with Gasteiger partial charge in [-0.05, 0) is 35.6 Å². The van der Waals surface area contributed by atoms with E-state index in [1.165, 1.54) is 0 Å². The summed E-state index contributed by atoms with van der Waals surface area (Å²) in [6.07, 6.45) is 0.825. The van der Waals surface area contributed by atoms with Gasteiger partial charge in [0.15, 0.2) is 0 Å². The molecule has 0 unspecified atom stereocenters. The third kappa shape index (κ3) is 1.66. The van der Waals surface area contributed by atoms with Gasteiger partial charge in [0.1, 0.15) is 5.75 Å². The van der Waals surface area contributed by atoms with Gasteiger partial charge in [-0.2, -0.15) is 0 Å². The molecule has 0 atom stereocenters. The van der Waals surface area contributed by atoms with Crippen molar-refractivity contribution in [2.45, 2.75) is 26.2 Å². The van der Waals surface area contributed by atoms with E-state index in [1.807, 2.05) is 20.9 Å². The van der Waals surface area contributed by atoms with Crippen molar-refractivity contribution < 1.29 is 9.90 Å². The largest absolute Gasteiger partial charge is 0.508 e. The maximum absolute atomic E-state index is 12.1. The number of likely N-dealkylation sites (N-methyl/N-ethyl adjacent to an activating group) is 1. The van der Waals surface area contributed by atoms with Gasteiger partial charge in [0.2, 0.25) is 0 Å². The van der Waals surface area contributed by atoms with Gasteiger partial charge < -0.3 is 10.0 Å². The highest BCUT2D eigenvalue weighted by atomic mass is 16.3. The first-order valence-electron chi connectivity index (χ1n) is 5.62. The molecule has 0 aliphatic carbocycles. The number of aromatic hydroxyl groups is 1. The predicted octanol–water partition coefficient (Wildman–Crippen LogP) is 2.14. The number of rotatable bonds is 1. The maximum atomic E-state index is 12.1. The van der Waals surface area contributed by atoms with Gasteiger partial charge in [0.05, 0.1) is 0 Å². The zero-order chi connectivity index (χ0) is 11.9. The van der Waals surface area contributed by atoms with Gasteiger partial charge in [-0.3, -0.25) is 4.79 Å². The van der Waals surface area contributed by atoms with Crippen LogP contribution in [0.3, 0.4) is 0 Å². The normalized spacial score (nSPS) is 15.5. The minimum Gasteiger partial charge on any atom is -0.508 e. The number of nitrogens with zero attached hydrogens (tertiary/aromatic N) is 1. The van der Waals surface area contributed by atoms with Gasteiger partial charge >= 0.3 is 0 Å². The topological polar surface area (TPSA) is 40.5 Å². The quantitative estimate of drug-likeness (QED) is 0.786. The van der Waals surface area contributed by atoms with Crippen LogP contribution in [0.5, 0.6) is 5.75 Å². The van der Waals surface area contributed by atoms with E-state index in [1.54, 1.807) is 17.0 Å². The summed E-state index contributed by atoms with van der Waals surface area (Å²) in [6.45, 7) is 4.81. The van der Waals surface area contributed by atoms with Crippen molar-refractivity contribution in [1.82, 2.24) is 4.90 Å². The second kappa shape index (κ2) is 3.81. The minimum atomic E-state index is 0.0740. The van der Waals surface area contributed by atoms with Gasteiger partial charge in [0.25, 0.3) is 5.91 Å². The average molecular weight is 219 g/mol. The van der Waals surface area contributed by atoms with Gasteiger partial charge in [-0.15, -0.1) is 0 Å². The lowest BCUT2D eigenvalue weighted by Gasteiger charge is -2.27. The molecule has 0 saturated carbocycles. The molecule has 0 saturated heterocycles. The van der Waals surface area contributed by atoms with E-state index < -0.39 is 0 Å². The summed E-state index contributed by atoms with van der Waals surface area (Å²) >= 11 is 0. The average Bonchev–Trinajstić information content (AvgIpc) is 2.22. The summed E-state index contributed by atoms with van der Waals surface area (Å²) in [5.74, 6) is 0.584. The molecular weight excluding hydrogens is 202 g/mol. The number of benzene rings is 1. The lowest BCUT2D eigenvalue weighted by atomic mass is 9.89. The molecule has 3 heteroatoms. The zero-order valence-corrected chi connectivity index (χ0v) is 9.95. The molecule has 16 heavy (non-hydrogen) atoms. The fraction of sp³-hybridized carbons (Fsp3) is 0.462. The molecule has 1 aliphatic rings. The van der Waals surface area contributed by atoms with Crippen LogP contribution in [-0.4, -0.2) is 29.5 Å². The summed E-state index contributed by atoms with van der Waals surface area (Å²) < 4.78 is 0. The Balaban J connectivity index is 2.63. The van der Waals surface area contributed by atoms with Crippen LogP contribution in [0.2, 0.25) is 0 Å². The standard InChI is InChI=1S/C13H17NO2/c1-8(2)11-7-10(15)6-9-4-5-14(3)13(16)12(9)11/h6-8,15H,4-5H2,1-3H3. The second-order valence-corrected chi connectivity index (χ2v) is 4.70. The highest BCUT2D eigenvalue weighted by molar-refractivity contribution is 5.98. The number of fused-ring (bicyclic) bond motifs is 1. The van der Waals surface area contributed by atoms with Crippen LogP contribution < -0.4 is 0 Å². The van der Waals surface area contributed by atoms with E-state index in [9.17, 15) is 9.90 Å². The molecule has 0 radical (unpaired) electrons. The first kappa shape index (κ1) is 11.0. The van der Waals surface area contributed by atoms with Crippen LogP contribution >= 0.6 is 0 Å². The minimum absolute atomic E-state index is 0.0740. The molecule has 0 fully saturated rings. The fourth-order valence-corrected chi connectivity index (χ4v) is 2.20. The number of carbonyl (C=O) groups excluding carboxylic acids is 1. The third-order valence-electron chi connectivity index (χ3n) is 3.13. The second-order valence-electron chi connectivity index (χ2n) is 4.70.